The topological polar surface area (TPSA) is 136 Å². The average molecular weight is 805 g/mol. The molecule has 0 spiro atoms. The number of hydrogen-bond acceptors (Lipinski definition) is 10. The number of fused-ring (bicyclic) bond motifs is 2. The molecule has 3 saturated heterocycles. The van der Waals surface area contributed by atoms with E-state index in [2.05, 4.69) is 55.3 Å². The van der Waals surface area contributed by atoms with Crippen molar-refractivity contribution in [1.82, 2.24) is 30.3 Å². The van der Waals surface area contributed by atoms with Gasteiger partial charge in [-0.15, -0.1) is 0 Å². The van der Waals surface area contributed by atoms with Gasteiger partial charge in [-0.05, 0) is 113 Å². The quantitative estimate of drug-likeness (QED) is 0.189. The van der Waals surface area contributed by atoms with Gasteiger partial charge in [0.2, 0.25) is 11.8 Å². The molecule has 310 valence electrons. The van der Waals surface area contributed by atoms with Gasteiger partial charge >= 0.3 is 0 Å². The van der Waals surface area contributed by atoms with E-state index in [1.54, 1.807) is 12.1 Å². The van der Waals surface area contributed by atoms with Gasteiger partial charge in [-0.25, -0.2) is 9.37 Å². The van der Waals surface area contributed by atoms with Gasteiger partial charge in [0, 0.05) is 80.5 Å². The second-order valence-electron chi connectivity index (χ2n) is 17.8. The second-order valence-corrected chi connectivity index (χ2v) is 17.8. The van der Waals surface area contributed by atoms with Crippen molar-refractivity contribution in [3.05, 3.63) is 65.6 Å². The zero-order valence-electron chi connectivity index (χ0n) is 33.8. The third kappa shape index (κ3) is 7.77. The SMILES string of the molecule is CC1(Oc2ccc3[nH]nc(-c4ccnc(N5CCN(CC6CCC(OC7CCN(c8ccc9c(c8F)CN(C8CCC(=O)NC8=O)C9=O)CC7)CC6)CC5)c4)c3c2)CC1. The van der Waals surface area contributed by atoms with E-state index < -0.39 is 17.8 Å². The summed E-state index contributed by atoms with van der Waals surface area (Å²) in [7, 11) is 0. The molecule has 5 fully saturated rings. The Morgan fingerprint density at radius 2 is 1.64 bits per heavy atom. The number of piperidine rings is 2. The van der Waals surface area contributed by atoms with Gasteiger partial charge in [0.15, 0.2) is 5.82 Å². The summed E-state index contributed by atoms with van der Waals surface area (Å²) in [6.07, 6.45) is 11.1. The Balaban J connectivity index is 0.667. The normalized spacial score (nSPS) is 25.1. The molecular weight excluding hydrogens is 752 g/mol. The number of nitrogens with zero attached hydrogens (tertiary/aromatic N) is 6. The molecular formula is C45H53FN8O5. The van der Waals surface area contributed by atoms with E-state index in [1.807, 2.05) is 18.3 Å². The Labute approximate surface area is 343 Å². The number of amides is 3. The minimum absolute atomic E-state index is 0.0327. The maximum Gasteiger partial charge on any atom is 0.255 e. The first kappa shape index (κ1) is 38.1. The highest BCUT2D eigenvalue weighted by molar-refractivity contribution is 6.05. The first-order chi connectivity index (χ1) is 28.7. The number of halogens is 1. The van der Waals surface area contributed by atoms with Gasteiger partial charge in [0.1, 0.15) is 28.9 Å². The van der Waals surface area contributed by atoms with E-state index in [4.69, 9.17) is 14.5 Å². The number of ether oxygens (including phenoxy) is 2. The van der Waals surface area contributed by atoms with E-state index in [9.17, 15) is 14.4 Å². The third-order valence-electron chi connectivity index (χ3n) is 13.7. The third-order valence-corrected chi connectivity index (χ3v) is 13.7. The number of benzene rings is 2. The Hall–Kier alpha value is -5.08. The van der Waals surface area contributed by atoms with Crippen molar-refractivity contribution in [2.45, 2.75) is 102 Å². The van der Waals surface area contributed by atoms with Crippen molar-refractivity contribution in [2.75, 3.05) is 55.6 Å². The fourth-order valence-electron chi connectivity index (χ4n) is 9.89. The Morgan fingerprint density at radius 3 is 2.41 bits per heavy atom. The maximum atomic E-state index is 15.9. The van der Waals surface area contributed by atoms with Gasteiger partial charge in [-0.3, -0.25) is 29.7 Å². The van der Waals surface area contributed by atoms with Crippen LogP contribution in [0.25, 0.3) is 22.2 Å². The van der Waals surface area contributed by atoms with Crippen LogP contribution in [0.2, 0.25) is 0 Å². The molecule has 2 aliphatic carbocycles. The minimum atomic E-state index is -0.761. The largest absolute Gasteiger partial charge is 0.488 e. The minimum Gasteiger partial charge on any atom is -0.488 e. The fourth-order valence-corrected chi connectivity index (χ4v) is 9.89. The van der Waals surface area contributed by atoms with E-state index in [-0.39, 0.29) is 49.0 Å². The van der Waals surface area contributed by atoms with Crippen LogP contribution in [0.1, 0.15) is 87.1 Å². The van der Waals surface area contributed by atoms with Crippen LogP contribution in [0.15, 0.2) is 48.7 Å². The zero-order chi connectivity index (χ0) is 40.3. The number of hydrogen-bond donors (Lipinski definition) is 2. The van der Waals surface area contributed by atoms with Crippen LogP contribution >= 0.6 is 0 Å². The standard InChI is InChI=1S/C45H53FN8O5/c1-45(15-16-45)59-32-6-8-36-34(25-32)42(50-49-36)29-12-17-47-39(24-29)53-22-20-51(21-23-53)26-28-2-4-30(5-3-28)58-31-13-18-52(19-14-31)37-9-7-33-35(41(37)46)27-54(44(33)57)38-10-11-40(55)48-43(38)56/h6-9,12,17,24-25,28,30-31,38H,2-5,10-11,13-16,18-23,26-27H2,1H3,(H,49,50)(H,48,55,56). The number of pyridine rings is 1. The molecule has 59 heavy (non-hydrogen) atoms. The highest BCUT2D eigenvalue weighted by atomic mass is 19.1. The number of carbonyl (C=O) groups is 3. The van der Waals surface area contributed by atoms with Gasteiger partial charge in [0.05, 0.1) is 30.0 Å². The molecule has 1 atom stereocenters. The van der Waals surface area contributed by atoms with E-state index in [0.29, 0.717) is 35.8 Å². The van der Waals surface area contributed by atoms with Crippen LogP contribution in [0.5, 0.6) is 5.75 Å². The van der Waals surface area contributed by atoms with Gasteiger partial charge in [-0.1, -0.05) is 0 Å². The Bertz CT molecular complexity index is 2250. The number of aromatic amines is 1. The number of rotatable bonds is 10. The maximum absolute atomic E-state index is 15.9. The van der Waals surface area contributed by atoms with E-state index in [1.165, 1.54) is 17.7 Å². The van der Waals surface area contributed by atoms with Crippen molar-refractivity contribution in [3.8, 4) is 17.0 Å². The first-order valence-corrected chi connectivity index (χ1v) is 21.6. The zero-order valence-corrected chi connectivity index (χ0v) is 33.8. The predicted molar refractivity (Wildman–Crippen MR) is 221 cm³/mol. The highest BCUT2D eigenvalue weighted by Gasteiger charge is 2.42. The highest BCUT2D eigenvalue weighted by Crippen LogP contribution is 2.41. The van der Waals surface area contributed by atoms with Crippen molar-refractivity contribution in [2.24, 2.45) is 5.92 Å². The van der Waals surface area contributed by atoms with Crippen LogP contribution < -0.4 is 19.9 Å². The van der Waals surface area contributed by atoms with Gasteiger partial charge in [-0.2, -0.15) is 5.10 Å². The summed E-state index contributed by atoms with van der Waals surface area (Å²) in [6.45, 7) is 8.61. The average Bonchev–Trinajstić information content (AvgIpc) is 3.66. The van der Waals surface area contributed by atoms with Gasteiger partial charge < -0.3 is 24.2 Å². The summed E-state index contributed by atoms with van der Waals surface area (Å²) >= 11 is 0. The lowest BCUT2D eigenvalue weighted by atomic mass is 9.86. The van der Waals surface area contributed by atoms with Crippen molar-refractivity contribution < 1.29 is 28.2 Å². The number of carbonyl (C=O) groups excluding carboxylic acids is 3. The van der Waals surface area contributed by atoms with Crippen LogP contribution in [0, 0.1) is 11.7 Å². The molecule has 6 aliphatic rings. The Kier molecular flexibility index (Phi) is 10.0. The fraction of sp³-hybridized carbons (Fsp3) is 0.533. The molecule has 4 aromatic rings. The molecule has 3 amide bonds. The summed E-state index contributed by atoms with van der Waals surface area (Å²) in [4.78, 5) is 50.4. The summed E-state index contributed by atoms with van der Waals surface area (Å²) in [5.41, 5.74) is 4.07. The summed E-state index contributed by atoms with van der Waals surface area (Å²) < 4.78 is 28.8. The van der Waals surface area contributed by atoms with Gasteiger partial charge in [0.25, 0.3) is 5.91 Å². The number of imide groups is 1. The number of anilines is 2. The molecule has 4 aliphatic heterocycles. The summed E-state index contributed by atoms with van der Waals surface area (Å²) in [5, 5.41) is 11.2. The lowest BCUT2D eigenvalue weighted by Gasteiger charge is -2.39. The van der Waals surface area contributed by atoms with Crippen molar-refractivity contribution in [1.29, 1.82) is 0 Å². The molecule has 2 aromatic heterocycles. The molecule has 0 radical (unpaired) electrons. The lowest BCUT2D eigenvalue weighted by molar-refractivity contribution is -0.136. The predicted octanol–water partition coefficient (Wildman–Crippen LogP) is 5.82. The molecule has 2 saturated carbocycles. The smallest absolute Gasteiger partial charge is 0.255 e. The monoisotopic (exact) mass is 804 g/mol. The molecule has 1 unspecified atom stereocenters. The molecule has 10 rings (SSSR count). The molecule has 0 bridgehead atoms. The Morgan fingerprint density at radius 1 is 0.864 bits per heavy atom. The van der Waals surface area contributed by atoms with E-state index >= 15 is 4.39 Å². The lowest BCUT2D eigenvalue weighted by Crippen LogP contribution is -2.52. The van der Waals surface area contributed by atoms with Crippen LogP contribution in [-0.4, -0.2) is 112 Å². The number of H-pyrrole nitrogens is 1. The molecule has 2 N–H and O–H groups in total. The number of piperazine rings is 1. The molecule has 2 aromatic carbocycles. The second kappa shape index (κ2) is 15.5. The first-order valence-electron chi connectivity index (χ1n) is 21.6. The summed E-state index contributed by atoms with van der Waals surface area (Å²) in [6, 6.07) is 13.0. The van der Waals surface area contributed by atoms with Crippen molar-refractivity contribution >= 4 is 40.1 Å². The number of aromatic nitrogens is 3. The van der Waals surface area contributed by atoms with E-state index in [0.717, 1.165) is 105 Å². The molecule has 6 heterocycles. The van der Waals surface area contributed by atoms with Crippen LogP contribution in [0.4, 0.5) is 15.9 Å². The molecule has 13 nitrogen and oxygen atoms in total. The van der Waals surface area contributed by atoms with Crippen LogP contribution in [0.3, 0.4) is 0 Å². The summed E-state index contributed by atoms with van der Waals surface area (Å²) in [5.74, 6) is 0.974. The molecule has 14 heteroatoms. The number of nitrogens with one attached hydrogen (secondary N) is 2. The van der Waals surface area contributed by atoms with Crippen molar-refractivity contribution in [3.63, 3.8) is 0 Å². The van der Waals surface area contributed by atoms with Crippen LogP contribution in [-0.2, 0) is 20.9 Å².